The van der Waals surface area contributed by atoms with Crippen molar-refractivity contribution < 1.29 is 27.5 Å². The van der Waals surface area contributed by atoms with Gasteiger partial charge in [-0.3, -0.25) is 14.9 Å². The molecular weight excluding hydrogens is 369 g/mol. The van der Waals surface area contributed by atoms with Crippen LogP contribution < -0.4 is 5.32 Å². The number of anilines is 1. The van der Waals surface area contributed by atoms with Crippen LogP contribution in [-0.2, 0) is 20.5 Å². The topological polar surface area (TPSA) is 68.3 Å². The maximum absolute atomic E-state index is 13.1. The van der Waals surface area contributed by atoms with Crippen LogP contribution in [0.1, 0.15) is 29.2 Å². The van der Waals surface area contributed by atoms with Crippen molar-refractivity contribution in [2.45, 2.75) is 25.4 Å². The van der Waals surface area contributed by atoms with Gasteiger partial charge in [-0.2, -0.15) is 13.2 Å². The van der Waals surface area contributed by atoms with Crippen LogP contribution in [0.5, 0.6) is 0 Å². The molecule has 0 aliphatic heterocycles. The predicted octanol–water partition coefficient (Wildman–Crippen LogP) is 3.76. The second kappa shape index (κ2) is 7.06. The first-order valence-corrected chi connectivity index (χ1v) is 8.68. The number of amides is 1. The lowest BCUT2D eigenvalue weighted by molar-refractivity contribution is -0.149. The number of nitrogens with one attached hydrogen (secondary N) is 1. The molecule has 9 heteroatoms. The summed E-state index contributed by atoms with van der Waals surface area (Å²) >= 11 is 1.24. The third-order valence-corrected chi connectivity index (χ3v) is 4.85. The van der Waals surface area contributed by atoms with E-state index in [0.717, 1.165) is 11.8 Å². The summed E-state index contributed by atoms with van der Waals surface area (Å²) in [5.74, 6) is -2.41. The number of aromatic nitrogens is 1. The Bertz CT molecular complexity index is 835. The molecule has 1 fully saturated rings. The fourth-order valence-electron chi connectivity index (χ4n) is 2.69. The highest BCUT2D eigenvalue weighted by molar-refractivity contribution is 7.13. The normalized spacial score (nSPS) is 19.1. The van der Waals surface area contributed by atoms with Crippen LogP contribution in [0.15, 0.2) is 29.6 Å². The lowest BCUT2D eigenvalue weighted by Gasteiger charge is -2.12. The number of halogens is 3. The van der Waals surface area contributed by atoms with Crippen molar-refractivity contribution in [3.8, 4) is 0 Å². The number of aryl methyl sites for hydroxylation is 1. The number of hydrogen-bond donors (Lipinski definition) is 1. The fourth-order valence-corrected chi connectivity index (χ4v) is 3.39. The summed E-state index contributed by atoms with van der Waals surface area (Å²) in [6.07, 6.45) is -4.20. The zero-order valence-corrected chi connectivity index (χ0v) is 14.5. The summed E-state index contributed by atoms with van der Waals surface area (Å²) in [4.78, 5) is 27.8. The lowest BCUT2D eigenvalue weighted by atomic mass is 10.0. The van der Waals surface area contributed by atoms with E-state index in [0.29, 0.717) is 5.13 Å². The van der Waals surface area contributed by atoms with Crippen LogP contribution in [0, 0.1) is 12.8 Å². The molecule has 1 N–H and O–H groups in total. The molecule has 2 aromatic rings. The van der Waals surface area contributed by atoms with E-state index < -0.39 is 42.1 Å². The molecule has 0 bridgehead atoms. The number of thiazole rings is 1. The summed E-state index contributed by atoms with van der Waals surface area (Å²) in [5.41, 5.74) is 0.105. The molecule has 26 heavy (non-hydrogen) atoms. The Morgan fingerprint density at radius 1 is 1.35 bits per heavy atom. The van der Waals surface area contributed by atoms with E-state index in [4.69, 9.17) is 4.74 Å². The number of carbonyl (C=O) groups excluding carboxylic acids is 2. The van der Waals surface area contributed by atoms with Gasteiger partial charge >= 0.3 is 12.1 Å². The van der Waals surface area contributed by atoms with Crippen LogP contribution in [0.4, 0.5) is 18.3 Å². The Labute approximate surface area is 151 Å². The molecule has 2 atom stereocenters. The van der Waals surface area contributed by atoms with Gasteiger partial charge in [0.15, 0.2) is 11.7 Å². The Hall–Kier alpha value is -2.42. The van der Waals surface area contributed by atoms with Crippen LogP contribution >= 0.6 is 11.3 Å². The molecular formula is C17H15F3N2O3S. The molecule has 0 unspecified atom stereocenters. The first kappa shape index (κ1) is 18.4. The van der Waals surface area contributed by atoms with E-state index in [9.17, 15) is 22.8 Å². The minimum atomic E-state index is -4.47. The Morgan fingerprint density at radius 2 is 2.08 bits per heavy atom. The molecule has 1 heterocycles. The van der Waals surface area contributed by atoms with Gasteiger partial charge in [0.25, 0.3) is 5.91 Å². The summed E-state index contributed by atoms with van der Waals surface area (Å²) in [6.45, 7) is 1.28. The maximum atomic E-state index is 13.1. The van der Waals surface area contributed by atoms with Crippen LogP contribution in [0.25, 0.3) is 0 Å². The molecule has 3 rings (SSSR count). The maximum Gasteiger partial charge on any atom is 0.416 e. The Morgan fingerprint density at radius 3 is 2.73 bits per heavy atom. The zero-order valence-electron chi connectivity index (χ0n) is 13.7. The molecule has 0 spiro atoms. The monoisotopic (exact) mass is 384 g/mol. The third-order valence-electron chi connectivity index (χ3n) is 3.97. The quantitative estimate of drug-likeness (QED) is 0.797. The number of rotatable bonds is 5. The number of nitrogens with zero attached hydrogens (tertiary/aromatic N) is 1. The highest BCUT2D eigenvalue weighted by Crippen LogP contribution is 2.51. The van der Waals surface area contributed by atoms with Crippen LogP contribution in [0.2, 0.25) is 0 Å². The summed E-state index contributed by atoms with van der Waals surface area (Å²) in [7, 11) is 0. The van der Waals surface area contributed by atoms with Gasteiger partial charge in [-0.15, -0.1) is 11.3 Å². The van der Waals surface area contributed by atoms with E-state index in [2.05, 4.69) is 10.3 Å². The average Bonchev–Trinajstić information content (AvgIpc) is 3.28. The van der Waals surface area contributed by atoms with E-state index in [1.54, 1.807) is 12.3 Å². The first-order chi connectivity index (χ1) is 12.3. The molecule has 1 aromatic carbocycles. The van der Waals surface area contributed by atoms with Gasteiger partial charge in [0, 0.05) is 5.38 Å². The van der Waals surface area contributed by atoms with Crippen molar-refractivity contribution >= 4 is 28.3 Å². The van der Waals surface area contributed by atoms with Crippen molar-refractivity contribution in [1.82, 2.24) is 4.98 Å². The van der Waals surface area contributed by atoms with E-state index in [1.807, 2.05) is 0 Å². The summed E-state index contributed by atoms with van der Waals surface area (Å²) < 4.78 is 44.1. The van der Waals surface area contributed by atoms with Crippen LogP contribution in [-0.4, -0.2) is 23.5 Å². The number of esters is 1. The largest absolute Gasteiger partial charge is 0.455 e. The van der Waals surface area contributed by atoms with Gasteiger partial charge < -0.3 is 4.74 Å². The van der Waals surface area contributed by atoms with Gasteiger partial charge in [0.05, 0.1) is 17.2 Å². The smallest absolute Gasteiger partial charge is 0.416 e. The Kier molecular flexibility index (Phi) is 4.99. The molecule has 1 aliphatic rings. The predicted molar refractivity (Wildman–Crippen MR) is 88.7 cm³/mol. The third kappa shape index (κ3) is 4.21. The standard InChI is InChI=1S/C17H15F3N2O3S/c1-9-8-26-16(21-9)22-14(23)7-25-15(24)12-6-11(12)10-4-2-3-5-13(10)17(18,19)20/h2-5,8,11-12H,6-7H2,1H3,(H,21,22,23)/t11-,12-/m0/s1. The lowest BCUT2D eigenvalue weighted by Crippen LogP contribution is -2.21. The fraction of sp³-hybridized carbons (Fsp3) is 0.353. The van der Waals surface area contributed by atoms with Crippen molar-refractivity contribution in [2.75, 3.05) is 11.9 Å². The average molecular weight is 384 g/mol. The van der Waals surface area contributed by atoms with Crippen molar-refractivity contribution in [3.05, 3.63) is 46.5 Å². The summed E-state index contributed by atoms with van der Waals surface area (Å²) in [5, 5.41) is 4.65. The zero-order chi connectivity index (χ0) is 18.9. The SMILES string of the molecule is Cc1csc(NC(=O)COC(=O)[C@H]2C[C@H]2c2ccccc2C(F)(F)F)n1. The number of ether oxygens (including phenoxy) is 1. The molecule has 5 nitrogen and oxygen atoms in total. The Balaban J connectivity index is 1.54. The molecule has 0 radical (unpaired) electrons. The van der Waals surface area contributed by atoms with Crippen molar-refractivity contribution in [2.24, 2.45) is 5.92 Å². The van der Waals surface area contributed by atoms with Crippen molar-refractivity contribution in [3.63, 3.8) is 0 Å². The highest BCUT2D eigenvalue weighted by Gasteiger charge is 2.48. The molecule has 1 aromatic heterocycles. The van der Waals surface area contributed by atoms with Gasteiger partial charge in [-0.1, -0.05) is 18.2 Å². The second-order valence-electron chi connectivity index (χ2n) is 5.98. The molecule has 138 valence electrons. The highest BCUT2D eigenvalue weighted by atomic mass is 32.1. The van der Waals surface area contributed by atoms with E-state index >= 15 is 0 Å². The molecule has 1 amide bonds. The molecule has 1 saturated carbocycles. The molecule has 1 aliphatic carbocycles. The van der Waals surface area contributed by atoms with Gasteiger partial charge in [-0.25, -0.2) is 4.98 Å². The van der Waals surface area contributed by atoms with E-state index in [-0.39, 0.29) is 12.0 Å². The summed E-state index contributed by atoms with van der Waals surface area (Å²) in [6, 6.07) is 5.19. The number of alkyl halides is 3. The molecule has 0 saturated heterocycles. The van der Waals surface area contributed by atoms with Crippen molar-refractivity contribution in [1.29, 1.82) is 0 Å². The van der Waals surface area contributed by atoms with E-state index in [1.165, 1.54) is 29.5 Å². The second-order valence-corrected chi connectivity index (χ2v) is 6.84. The van der Waals surface area contributed by atoms with Crippen LogP contribution in [0.3, 0.4) is 0 Å². The van der Waals surface area contributed by atoms with Gasteiger partial charge in [0.1, 0.15) is 0 Å². The minimum absolute atomic E-state index is 0.0877. The number of carbonyl (C=O) groups is 2. The first-order valence-electron chi connectivity index (χ1n) is 7.80. The number of hydrogen-bond acceptors (Lipinski definition) is 5. The van der Waals surface area contributed by atoms with Gasteiger partial charge in [-0.05, 0) is 30.9 Å². The number of benzene rings is 1. The minimum Gasteiger partial charge on any atom is -0.455 e. The van der Waals surface area contributed by atoms with Gasteiger partial charge in [0.2, 0.25) is 0 Å².